The van der Waals surface area contributed by atoms with Crippen LogP contribution in [0.3, 0.4) is 0 Å². The molecule has 1 aromatic heterocycles. The van der Waals surface area contributed by atoms with Crippen molar-refractivity contribution in [3.63, 3.8) is 0 Å². The predicted octanol–water partition coefficient (Wildman–Crippen LogP) is 1.57. The van der Waals surface area contributed by atoms with Crippen molar-refractivity contribution in [2.75, 3.05) is 19.7 Å². The molecule has 4 rings (SSSR count). The van der Waals surface area contributed by atoms with Crippen LogP contribution in [0.25, 0.3) is 0 Å². The maximum atomic E-state index is 12.1. The fourth-order valence-corrected chi connectivity index (χ4v) is 3.28. The Morgan fingerprint density at radius 3 is 3.18 bits per heavy atom. The summed E-state index contributed by atoms with van der Waals surface area (Å²) in [6, 6.07) is 4.22. The van der Waals surface area contributed by atoms with Gasteiger partial charge in [-0.2, -0.15) is 0 Å². The van der Waals surface area contributed by atoms with Crippen molar-refractivity contribution >= 4 is 6.03 Å². The van der Waals surface area contributed by atoms with E-state index in [0.717, 1.165) is 38.0 Å². The molecule has 2 atom stereocenters. The largest absolute Gasteiger partial charge is 0.486 e. The lowest BCUT2D eigenvalue weighted by Crippen LogP contribution is -2.42. The minimum absolute atomic E-state index is 0.0376. The van der Waals surface area contributed by atoms with E-state index < -0.39 is 0 Å². The highest BCUT2D eigenvalue weighted by Gasteiger charge is 2.48. The molecule has 22 heavy (non-hydrogen) atoms. The topological polar surface area (TPSA) is 63.7 Å². The highest BCUT2D eigenvalue weighted by atomic mass is 16.6. The maximum Gasteiger partial charge on any atom is 0.317 e. The number of likely N-dealkylation sites (tertiary alicyclic amines) is 1. The number of hydrogen-bond acceptors (Lipinski definition) is 4. The van der Waals surface area contributed by atoms with Crippen LogP contribution in [0.1, 0.15) is 25.7 Å². The molecule has 0 unspecified atom stereocenters. The lowest BCUT2D eigenvalue weighted by molar-refractivity contribution is 0.0122. The van der Waals surface area contributed by atoms with Gasteiger partial charge < -0.3 is 19.7 Å². The number of carbonyl (C=O) groups excluding carboxylic acids is 1. The van der Waals surface area contributed by atoms with Crippen molar-refractivity contribution < 1.29 is 14.3 Å². The van der Waals surface area contributed by atoms with Crippen LogP contribution in [-0.4, -0.2) is 53.4 Å². The van der Waals surface area contributed by atoms with E-state index in [1.165, 1.54) is 0 Å². The summed E-state index contributed by atoms with van der Waals surface area (Å²) in [4.78, 5) is 18.1. The molecule has 2 aliphatic heterocycles. The Kier molecular flexibility index (Phi) is 3.41. The van der Waals surface area contributed by atoms with E-state index in [9.17, 15) is 4.79 Å². The van der Waals surface area contributed by atoms with Crippen molar-refractivity contribution in [3.8, 4) is 5.75 Å². The smallest absolute Gasteiger partial charge is 0.317 e. The molecule has 3 fully saturated rings. The van der Waals surface area contributed by atoms with Crippen LogP contribution in [0.5, 0.6) is 5.75 Å². The van der Waals surface area contributed by atoms with Crippen LogP contribution >= 0.6 is 0 Å². The fraction of sp³-hybridized carbons (Fsp3) is 0.625. The number of aromatic nitrogens is 1. The predicted molar refractivity (Wildman–Crippen MR) is 79.7 cm³/mol. The Morgan fingerprint density at radius 2 is 2.41 bits per heavy atom. The van der Waals surface area contributed by atoms with Crippen molar-refractivity contribution in [2.45, 2.75) is 43.4 Å². The van der Waals surface area contributed by atoms with Gasteiger partial charge in [0.05, 0.1) is 24.9 Å². The van der Waals surface area contributed by atoms with E-state index >= 15 is 0 Å². The zero-order chi connectivity index (χ0) is 15.0. The van der Waals surface area contributed by atoms with Gasteiger partial charge in [0, 0.05) is 25.2 Å². The summed E-state index contributed by atoms with van der Waals surface area (Å²) in [5.41, 5.74) is -0.228. The summed E-state index contributed by atoms with van der Waals surface area (Å²) >= 11 is 0. The van der Waals surface area contributed by atoms with Crippen molar-refractivity contribution in [2.24, 2.45) is 0 Å². The molecule has 0 radical (unpaired) electrons. The first-order valence-electron chi connectivity index (χ1n) is 7.99. The van der Waals surface area contributed by atoms with E-state index in [1.807, 2.05) is 17.0 Å². The van der Waals surface area contributed by atoms with E-state index in [4.69, 9.17) is 9.47 Å². The number of pyridine rings is 1. The molecule has 3 heterocycles. The minimum atomic E-state index is -0.228. The second-order valence-electron chi connectivity index (χ2n) is 6.52. The Hall–Kier alpha value is -1.82. The summed E-state index contributed by atoms with van der Waals surface area (Å²) in [7, 11) is 0. The second-order valence-corrected chi connectivity index (χ2v) is 6.52. The molecule has 1 saturated carbocycles. The van der Waals surface area contributed by atoms with Gasteiger partial charge >= 0.3 is 6.03 Å². The Morgan fingerprint density at radius 1 is 1.50 bits per heavy atom. The van der Waals surface area contributed by atoms with Crippen molar-refractivity contribution in [3.05, 3.63) is 24.5 Å². The molecule has 1 aliphatic carbocycles. The maximum absolute atomic E-state index is 12.1. The molecular weight excluding hydrogens is 282 g/mol. The third-order valence-corrected chi connectivity index (χ3v) is 4.62. The number of rotatable bonds is 3. The quantitative estimate of drug-likeness (QED) is 0.920. The average molecular weight is 303 g/mol. The SMILES string of the molecule is O=C(NC1CC1)N1CC[C@]2(C[C@@H](Oc3cccnc3)CO2)C1. The highest BCUT2D eigenvalue weighted by Crippen LogP contribution is 2.36. The molecule has 2 amide bonds. The summed E-state index contributed by atoms with van der Waals surface area (Å²) in [5.74, 6) is 0.773. The summed E-state index contributed by atoms with van der Waals surface area (Å²) in [6.07, 6.45) is 7.43. The fourth-order valence-electron chi connectivity index (χ4n) is 3.28. The van der Waals surface area contributed by atoms with Crippen LogP contribution in [0.2, 0.25) is 0 Å². The van der Waals surface area contributed by atoms with Gasteiger partial charge in [0.1, 0.15) is 11.9 Å². The molecule has 0 bridgehead atoms. The number of urea groups is 1. The van der Waals surface area contributed by atoms with Gasteiger partial charge in [0.25, 0.3) is 0 Å². The van der Waals surface area contributed by atoms with Crippen LogP contribution in [0.4, 0.5) is 4.79 Å². The van der Waals surface area contributed by atoms with E-state index in [1.54, 1.807) is 12.4 Å². The van der Waals surface area contributed by atoms with Gasteiger partial charge in [-0.1, -0.05) is 0 Å². The number of ether oxygens (including phenoxy) is 2. The van der Waals surface area contributed by atoms with Crippen LogP contribution < -0.4 is 10.1 Å². The lowest BCUT2D eigenvalue weighted by Gasteiger charge is -2.23. The zero-order valence-corrected chi connectivity index (χ0v) is 12.5. The first kappa shape index (κ1) is 13.8. The van der Waals surface area contributed by atoms with Gasteiger partial charge in [0.15, 0.2) is 0 Å². The number of hydrogen-bond donors (Lipinski definition) is 1. The van der Waals surface area contributed by atoms with Crippen LogP contribution in [0.15, 0.2) is 24.5 Å². The lowest BCUT2D eigenvalue weighted by atomic mass is 9.98. The third kappa shape index (κ3) is 2.88. The molecule has 3 aliphatic rings. The monoisotopic (exact) mass is 303 g/mol. The van der Waals surface area contributed by atoms with Crippen molar-refractivity contribution in [1.82, 2.24) is 15.2 Å². The number of amides is 2. The molecule has 118 valence electrons. The van der Waals surface area contributed by atoms with E-state index in [0.29, 0.717) is 19.2 Å². The average Bonchev–Trinajstić information content (AvgIpc) is 3.11. The number of nitrogens with one attached hydrogen (secondary N) is 1. The van der Waals surface area contributed by atoms with Gasteiger partial charge in [-0.25, -0.2) is 4.79 Å². The minimum Gasteiger partial charge on any atom is -0.486 e. The highest BCUT2D eigenvalue weighted by molar-refractivity contribution is 5.75. The zero-order valence-electron chi connectivity index (χ0n) is 12.5. The molecule has 6 heteroatoms. The molecule has 1 N–H and O–H groups in total. The molecule has 6 nitrogen and oxygen atoms in total. The second kappa shape index (κ2) is 5.43. The molecule has 0 aromatic carbocycles. The molecular formula is C16H21N3O3. The summed E-state index contributed by atoms with van der Waals surface area (Å²) < 4.78 is 11.9. The molecule has 2 saturated heterocycles. The number of carbonyl (C=O) groups is 1. The Bertz CT molecular complexity index is 549. The summed E-state index contributed by atoms with van der Waals surface area (Å²) in [6.45, 7) is 2.00. The van der Waals surface area contributed by atoms with Crippen molar-refractivity contribution in [1.29, 1.82) is 0 Å². The van der Waals surface area contributed by atoms with Gasteiger partial charge in [0.2, 0.25) is 0 Å². The van der Waals surface area contributed by atoms with E-state index in [2.05, 4.69) is 10.3 Å². The molecule has 1 spiro atoms. The molecule has 1 aromatic rings. The first-order valence-corrected chi connectivity index (χ1v) is 7.99. The van der Waals surface area contributed by atoms with E-state index in [-0.39, 0.29) is 17.7 Å². The van der Waals surface area contributed by atoms with Gasteiger partial charge in [-0.3, -0.25) is 4.98 Å². The van der Waals surface area contributed by atoms with Crippen LogP contribution in [-0.2, 0) is 4.74 Å². The first-order chi connectivity index (χ1) is 10.7. The standard InChI is InChI=1S/C16H21N3O3/c20-15(18-12-3-4-12)19-7-5-16(11-19)8-14(10-21-16)22-13-2-1-6-17-9-13/h1-2,6,9,12,14H,3-5,7-8,10-11H2,(H,18,20)/t14-,16+/m1/s1. The number of nitrogens with zero attached hydrogens (tertiary/aromatic N) is 2. The summed E-state index contributed by atoms with van der Waals surface area (Å²) in [5, 5.41) is 3.05. The Balaban J connectivity index is 1.33. The third-order valence-electron chi connectivity index (χ3n) is 4.62. The normalized spacial score (nSPS) is 30.7. The van der Waals surface area contributed by atoms with Gasteiger partial charge in [-0.05, 0) is 31.4 Å². The van der Waals surface area contributed by atoms with Crippen LogP contribution in [0, 0.1) is 0 Å². The Labute approximate surface area is 129 Å². The van der Waals surface area contributed by atoms with Gasteiger partial charge in [-0.15, -0.1) is 0 Å².